The fourth-order valence-electron chi connectivity index (χ4n) is 2.61. The fourth-order valence-corrected chi connectivity index (χ4v) is 4.34. The predicted octanol–water partition coefficient (Wildman–Crippen LogP) is 1.23. The number of nitrogen functional groups attached to an aromatic ring is 1. The summed E-state index contributed by atoms with van der Waals surface area (Å²) < 4.78 is 23.2. The molecular weight excluding hydrogens is 276 g/mol. The number of sulfone groups is 1. The molecule has 1 aromatic rings. The van der Waals surface area contributed by atoms with E-state index in [9.17, 15) is 13.2 Å². The van der Waals surface area contributed by atoms with Crippen LogP contribution in [0.1, 0.15) is 29.3 Å². The van der Waals surface area contributed by atoms with E-state index in [0.717, 1.165) is 5.56 Å². The number of carbonyl (C=O) groups is 1. The summed E-state index contributed by atoms with van der Waals surface area (Å²) in [5.41, 5.74) is 7.68. The summed E-state index contributed by atoms with van der Waals surface area (Å²) >= 11 is 0. The molecule has 0 radical (unpaired) electrons. The van der Waals surface area contributed by atoms with Gasteiger partial charge in [0.1, 0.15) is 0 Å². The number of amides is 1. The molecule has 110 valence electrons. The standard InChI is InChI=1S/C14H20N2O3S/c1-3-16(12-6-7-20(18,19)9-12)14(17)13-8-11(15)5-4-10(13)2/h4-5,8,12H,3,6-7,9,15H2,1-2H3. The maximum absolute atomic E-state index is 12.6. The Hall–Kier alpha value is -1.56. The molecule has 1 fully saturated rings. The molecule has 5 nitrogen and oxygen atoms in total. The molecule has 2 rings (SSSR count). The zero-order chi connectivity index (χ0) is 14.9. The van der Waals surface area contributed by atoms with Gasteiger partial charge in [0.2, 0.25) is 0 Å². The minimum absolute atomic E-state index is 0.0634. The maximum atomic E-state index is 12.6. The number of aryl methyl sites for hydroxylation is 1. The Morgan fingerprint density at radius 3 is 2.70 bits per heavy atom. The van der Waals surface area contributed by atoms with Gasteiger partial charge in [-0.15, -0.1) is 0 Å². The van der Waals surface area contributed by atoms with Gasteiger partial charge in [0, 0.05) is 23.8 Å². The minimum Gasteiger partial charge on any atom is -0.399 e. The number of carbonyl (C=O) groups excluding carboxylic acids is 1. The van der Waals surface area contributed by atoms with Crippen LogP contribution in [0.5, 0.6) is 0 Å². The number of nitrogens with two attached hydrogens (primary N) is 1. The van der Waals surface area contributed by atoms with Crippen molar-refractivity contribution in [2.45, 2.75) is 26.3 Å². The summed E-state index contributed by atoms with van der Waals surface area (Å²) in [5.74, 6) is 0.0880. The highest BCUT2D eigenvalue weighted by atomic mass is 32.2. The molecule has 1 unspecified atom stereocenters. The van der Waals surface area contributed by atoms with Gasteiger partial charge in [-0.3, -0.25) is 4.79 Å². The molecule has 6 heteroatoms. The van der Waals surface area contributed by atoms with Gasteiger partial charge in [-0.05, 0) is 38.0 Å². The lowest BCUT2D eigenvalue weighted by Gasteiger charge is -2.27. The summed E-state index contributed by atoms with van der Waals surface area (Å²) in [5, 5.41) is 0. The van der Waals surface area contributed by atoms with E-state index in [-0.39, 0.29) is 23.5 Å². The van der Waals surface area contributed by atoms with Crippen LogP contribution in [-0.2, 0) is 9.84 Å². The molecule has 20 heavy (non-hydrogen) atoms. The van der Waals surface area contributed by atoms with E-state index in [4.69, 9.17) is 5.73 Å². The molecule has 0 bridgehead atoms. The second kappa shape index (κ2) is 5.44. The third-order valence-corrected chi connectivity index (χ3v) is 5.49. The third kappa shape index (κ3) is 2.95. The van der Waals surface area contributed by atoms with E-state index >= 15 is 0 Å². The van der Waals surface area contributed by atoms with Crippen molar-refractivity contribution in [3.05, 3.63) is 29.3 Å². The first-order valence-corrected chi connectivity index (χ1v) is 8.53. The minimum atomic E-state index is -3.00. The van der Waals surface area contributed by atoms with Crippen LogP contribution in [-0.4, -0.2) is 43.3 Å². The number of anilines is 1. The van der Waals surface area contributed by atoms with Crippen LogP contribution in [0.25, 0.3) is 0 Å². The van der Waals surface area contributed by atoms with Crippen LogP contribution < -0.4 is 5.73 Å². The zero-order valence-corrected chi connectivity index (χ0v) is 12.6. The summed E-state index contributed by atoms with van der Waals surface area (Å²) in [6.07, 6.45) is 0.517. The normalized spacial score (nSPS) is 20.8. The molecule has 0 saturated carbocycles. The first-order chi connectivity index (χ1) is 9.34. The zero-order valence-electron chi connectivity index (χ0n) is 11.8. The van der Waals surface area contributed by atoms with Crippen LogP contribution in [0.4, 0.5) is 5.69 Å². The Kier molecular flexibility index (Phi) is 4.04. The summed E-state index contributed by atoms with van der Waals surface area (Å²) in [6, 6.07) is 4.99. The van der Waals surface area contributed by atoms with Crippen molar-refractivity contribution in [1.29, 1.82) is 0 Å². The lowest BCUT2D eigenvalue weighted by atomic mass is 10.1. The second-order valence-electron chi connectivity index (χ2n) is 5.22. The third-order valence-electron chi connectivity index (χ3n) is 3.74. The van der Waals surface area contributed by atoms with E-state index < -0.39 is 9.84 Å². The first kappa shape index (κ1) is 14.8. The van der Waals surface area contributed by atoms with E-state index in [1.807, 2.05) is 19.9 Å². The molecule has 1 aromatic carbocycles. The Morgan fingerprint density at radius 1 is 1.45 bits per heavy atom. The molecule has 2 N–H and O–H groups in total. The van der Waals surface area contributed by atoms with Gasteiger partial charge in [0.25, 0.3) is 5.91 Å². The van der Waals surface area contributed by atoms with Crippen LogP contribution in [0, 0.1) is 6.92 Å². The number of benzene rings is 1. The quantitative estimate of drug-likeness (QED) is 0.851. The molecular formula is C14H20N2O3S. The van der Waals surface area contributed by atoms with Gasteiger partial charge in [0.15, 0.2) is 9.84 Å². The topological polar surface area (TPSA) is 80.5 Å². The van der Waals surface area contributed by atoms with Crippen molar-refractivity contribution < 1.29 is 13.2 Å². The highest BCUT2D eigenvalue weighted by Crippen LogP contribution is 2.22. The lowest BCUT2D eigenvalue weighted by Crippen LogP contribution is -2.41. The van der Waals surface area contributed by atoms with Gasteiger partial charge in [-0.1, -0.05) is 6.07 Å². The molecule has 1 atom stereocenters. The predicted molar refractivity (Wildman–Crippen MR) is 79.4 cm³/mol. The van der Waals surface area contributed by atoms with Gasteiger partial charge >= 0.3 is 0 Å². The number of hydrogen-bond acceptors (Lipinski definition) is 4. The molecule has 1 saturated heterocycles. The molecule has 0 spiro atoms. The second-order valence-corrected chi connectivity index (χ2v) is 7.45. The largest absolute Gasteiger partial charge is 0.399 e. The maximum Gasteiger partial charge on any atom is 0.254 e. The average molecular weight is 296 g/mol. The van der Waals surface area contributed by atoms with Crippen LogP contribution in [0.15, 0.2) is 18.2 Å². The Morgan fingerprint density at radius 2 is 2.15 bits per heavy atom. The average Bonchev–Trinajstić information content (AvgIpc) is 2.73. The number of hydrogen-bond donors (Lipinski definition) is 1. The SMILES string of the molecule is CCN(C(=O)c1cc(N)ccc1C)C1CCS(=O)(=O)C1. The van der Waals surface area contributed by atoms with Gasteiger partial charge in [-0.25, -0.2) is 8.42 Å². The summed E-state index contributed by atoms with van der Waals surface area (Å²) in [7, 11) is -3.00. The molecule has 1 amide bonds. The molecule has 0 aromatic heterocycles. The van der Waals surface area contributed by atoms with Gasteiger partial charge < -0.3 is 10.6 Å². The first-order valence-electron chi connectivity index (χ1n) is 6.71. The van der Waals surface area contributed by atoms with Crippen LogP contribution in [0.2, 0.25) is 0 Å². The highest BCUT2D eigenvalue weighted by molar-refractivity contribution is 7.91. The van der Waals surface area contributed by atoms with Crippen molar-refractivity contribution in [2.75, 3.05) is 23.8 Å². The van der Waals surface area contributed by atoms with Gasteiger partial charge in [0.05, 0.1) is 11.5 Å². The van der Waals surface area contributed by atoms with E-state index in [1.165, 1.54) is 0 Å². The van der Waals surface area contributed by atoms with Crippen molar-refractivity contribution >= 4 is 21.4 Å². The summed E-state index contributed by atoms with van der Waals surface area (Å²) in [6.45, 7) is 4.21. The van der Waals surface area contributed by atoms with Crippen LogP contribution in [0.3, 0.4) is 0 Å². The monoisotopic (exact) mass is 296 g/mol. The van der Waals surface area contributed by atoms with Crippen molar-refractivity contribution in [1.82, 2.24) is 4.90 Å². The Labute approximate surface area is 119 Å². The van der Waals surface area contributed by atoms with Crippen molar-refractivity contribution in [3.63, 3.8) is 0 Å². The molecule has 0 aliphatic carbocycles. The fraction of sp³-hybridized carbons (Fsp3) is 0.500. The highest BCUT2D eigenvalue weighted by Gasteiger charge is 2.34. The summed E-state index contributed by atoms with van der Waals surface area (Å²) in [4.78, 5) is 14.3. The van der Waals surface area contributed by atoms with Gasteiger partial charge in [-0.2, -0.15) is 0 Å². The van der Waals surface area contributed by atoms with E-state index in [0.29, 0.717) is 24.2 Å². The molecule has 1 aliphatic heterocycles. The Bertz CT molecular complexity index is 625. The van der Waals surface area contributed by atoms with E-state index in [1.54, 1.807) is 17.0 Å². The van der Waals surface area contributed by atoms with Crippen molar-refractivity contribution in [2.24, 2.45) is 0 Å². The van der Waals surface area contributed by atoms with Crippen LogP contribution >= 0.6 is 0 Å². The molecule has 1 aliphatic rings. The lowest BCUT2D eigenvalue weighted by molar-refractivity contribution is 0.0707. The molecule has 1 heterocycles. The number of rotatable bonds is 3. The van der Waals surface area contributed by atoms with Crippen molar-refractivity contribution in [3.8, 4) is 0 Å². The number of nitrogens with zero attached hydrogens (tertiary/aromatic N) is 1. The smallest absolute Gasteiger partial charge is 0.254 e. The van der Waals surface area contributed by atoms with E-state index in [2.05, 4.69) is 0 Å². The Balaban J connectivity index is 2.28.